The first-order chi connectivity index (χ1) is 17.1. The molecule has 4 rings (SSSR count). The van der Waals surface area contributed by atoms with Gasteiger partial charge in [-0.05, 0) is 57.3 Å². The summed E-state index contributed by atoms with van der Waals surface area (Å²) in [5.74, 6) is -1.36. The number of aliphatic hydroxyl groups excluding tert-OH is 1. The fraction of sp³-hybridized carbons (Fsp3) is 0.708. The van der Waals surface area contributed by atoms with Gasteiger partial charge in [-0.25, -0.2) is 9.59 Å². The quantitative estimate of drug-likeness (QED) is 0.229. The second kappa shape index (κ2) is 9.38. The van der Waals surface area contributed by atoms with E-state index in [0.717, 1.165) is 15.6 Å². The molecular weight excluding hydrogens is 468 g/mol. The number of hydrogen-bond acceptors (Lipinski definition) is 7. The molecule has 36 heavy (non-hydrogen) atoms. The minimum atomic E-state index is -0.924. The number of β-amino-alcohol motifs (C(OH)–C–C–N with tert-alkyl or cyclic N) is 1. The van der Waals surface area contributed by atoms with E-state index in [4.69, 9.17) is 11.1 Å². The van der Waals surface area contributed by atoms with E-state index < -0.39 is 34.5 Å². The minimum Gasteiger partial charge on any atom is -0.494 e. The third-order valence-electron chi connectivity index (χ3n) is 8.33. The first kappa shape index (κ1) is 25.9. The molecule has 0 bridgehead atoms. The van der Waals surface area contributed by atoms with Crippen LogP contribution >= 0.6 is 0 Å². The summed E-state index contributed by atoms with van der Waals surface area (Å²) < 4.78 is 2.26. The van der Waals surface area contributed by atoms with Gasteiger partial charge >= 0.3 is 11.7 Å². The minimum absolute atomic E-state index is 0.105. The molecule has 12 nitrogen and oxygen atoms in total. The average molecular weight is 505 g/mol. The number of carbonyl (C=O) groups excluding carboxylic acids is 2. The van der Waals surface area contributed by atoms with Crippen LogP contribution in [-0.4, -0.2) is 72.2 Å². The van der Waals surface area contributed by atoms with Crippen molar-refractivity contribution in [3.63, 3.8) is 0 Å². The largest absolute Gasteiger partial charge is 0.494 e. The highest BCUT2D eigenvalue weighted by Crippen LogP contribution is 2.62. The summed E-state index contributed by atoms with van der Waals surface area (Å²) in [5.41, 5.74) is 2.77. The van der Waals surface area contributed by atoms with Gasteiger partial charge < -0.3 is 20.8 Å². The van der Waals surface area contributed by atoms with Crippen LogP contribution in [0.2, 0.25) is 0 Å². The Morgan fingerprint density at radius 1 is 1.11 bits per heavy atom. The van der Waals surface area contributed by atoms with Gasteiger partial charge in [0.05, 0.1) is 6.61 Å². The molecule has 3 fully saturated rings. The lowest BCUT2D eigenvalue weighted by atomic mass is 9.51. The Morgan fingerprint density at radius 2 is 1.75 bits per heavy atom. The molecule has 5 N–H and O–H groups in total. The van der Waals surface area contributed by atoms with E-state index in [1.807, 2.05) is 6.92 Å². The zero-order chi connectivity index (χ0) is 26.4. The van der Waals surface area contributed by atoms with E-state index in [-0.39, 0.29) is 49.2 Å². The lowest BCUT2D eigenvalue weighted by Gasteiger charge is -2.58. The third kappa shape index (κ3) is 3.73. The Hall–Kier alpha value is -3.15. The van der Waals surface area contributed by atoms with E-state index in [2.05, 4.69) is 0 Å². The Bertz CT molecular complexity index is 1190. The molecule has 1 saturated heterocycles. The van der Waals surface area contributed by atoms with Crippen LogP contribution in [0.1, 0.15) is 76.8 Å². The molecule has 1 aromatic rings. The molecule has 2 heterocycles. The summed E-state index contributed by atoms with van der Waals surface area (Å²) >= 11 is 0. The summed E-state index contributed by atoms with van der Waals surface area (Å²) in [6, 6.07) is -0.777. The van der Waals surface area contributed by atoms with Gasteiger partial charge in [0.25, 0.3) is 11.5 Å². The number of rotatable bonds is 8. The summed E-state index contributed by atoms with van der Waals surface area (Å²) in [6.07, 6.45) is 4.74. The van der Waals surface area contributed by atoms with Gasteiger partial charge in [-0.1, -0.05) is 13.3 Å². The van der Waals surface area contributed by atoms with Crippen LogP contribution < -0.4 is 17.0 Å². The zero-order valence-corrected chi connectivity index (χ0v) is 21.0. The first-order valence-electron chi connectivity index (χ1n) is 12.7. The number of nitrogens with zero attached hydrogens (tertiary/aromatic N) is 4. The number of aromatic nitrogens is 2. The number of hydrogen-bond donors (Lipinski definition) is 4. The Kier molecular flexibility index (Phi) is 6.76. The molecule has 0 unspecified atom stereocenters. The van der Waals surface area contributed by atoms with E-state index >= 15 is 0 Å². The highest BCUT2D eigenvalue weighted by Gasteiger charge is 2.68. The van der Waals surface area contributed by atoms with E-state index in [9.17, 15) is 29.4 Å². The van der Waals surface area contributed by atoms with Crippen LogP contribution in [-0.2, 0) is 11.3 Å². The predicted molar refractivity (Wildman–Crippen MR) is 131 cm³/mol. The Balaban J connectivity index is 1.58. The maximum atomic E-state index is 13.2. The van der Waals surface area contributed by atoms with Crippen molar-refractivity contribution in [1.29, 1.82) is 5.41 Å². The topological polar surface area (TPSA) is 175 Å². The van der Waals surface area contributed by atoms with Gasteiger partial charge in [0.15, 0.2) is 0 Å². The SMILES string of the molecule is CCCCn1c(O)c(C(=N)N)c(=O)n(C2CCC3(CC2)CC2(C3)C(=O)N(CC)C(=O)N2CCO)c1=O. The number of nitrogen functional groups attached to an aromatic ring is 1. The van der Waals surface area contributed by atoms with Crippen LogP contribution in [0.15, 0.2) is 9.59 Å². The van der Waals surface area contributed by atoms with Crippen molar-refractivity contribution in [2.75, 3.05) is 19.7 Å². The number of aromatic hydroxyl groups is 1. The van der Waals surface area contributed by atoms with Crippen molar-refractivity contribution in [2.24, 2.45) is 11.1 Å². The fourth-order valence-electron chi connectivity index (χ4n) is 6.56. The molecular formula is C24H36N6O6. The molecule has 0 aromatic carbocycles. The van der Waals surface area contributed by atoms with Crippen molar-refractivity contribution in [3.8, 4) is 5.88 Å². The van der Waals surface area contributed by atoms with Crippen LogP contribution in [0.3, 0.4) is 0 Å². The number of unbranched alkanes of at least 4 members (excludes halogenated alkanes) is 1. The normalized spacial score (nSPS) is 27.8. The molecule has 0 radical (unpaired) electrons. The molecule has 3 aliphatic rings. The number of aliphatic hydroxyl groups is 1. The average Bonchev–Trinajstić information content (AvgIpc) is 3.01. The van der Waals surface area contributed by atoms with Crippen molar-refractivity contribution in [1.82, 2.24) is 18.9 Å². The highest BCUT2D eigenvalue weighted by molar-refractivity contribution is 6.07. The molecule has 0 atom stereocenters. The maximum absolute atomic E-state index is 13.2. The number of carbonyl (C=O) groups is 2. The number of likely N-dealkylation sites (N-methyl/N-ethyl adjacent to an activating group) is 1. The second-order valence-electron chi connectivity index (χ2n) is 10.4. The third-order valence-corrected chi connectivity index (χ3v) is 8.33. The molecule has 12 heteroatoms. The number of imide groups is 1. The molecule has 1 aliphatic heterocycles. The van der Waals surface area contributed by atoms with Gasteiger partial charge in [-0.15, -0.1) is 0 Å². The maximum Gasteiger partial charge on any atom is 0.334 e. The lowest BCUT2D eigenvalue weighted by molar-refractivity contribution is -0.150. The predicted octanol–water partition coefficient (Wildman–Crippen LogP) is 0.710. The van der Waals surface area contributed by atoms with Crippen molar-refractivity contribution in [2.45, 2.75) is 83.3 Å². The monoisotopic (exact) mass is 504 g/mol. The molecule has 198 valence electrons. The molecule has 2 aliphatic carbocycles. The van der Waals surface area contributed by atoms with Gasteiger partial charge in [-0.2, -0.15) is 0 Å². The van der Waals surface area contributed by atoms with Crippen LogP contribution in [0.25, 0.3) is 0 Å². The van der Waals surface area contributed by atoms with Gasteiger partial charge in [-0.3, -0.25) is 29.0 Å². The summed E-state index contributed by atoms with van der Waals surface area (Å²) in [6.45, 7) is 4.08. The number of amidine groups is 1. The van der Waals surface area contributed by atoms with Crippen molar-refractivity contribution < 1.29 is 19.8 Å². The fourth-order valence-corrected chi connectivity index (χ4v) is 6.56. The smallest absolute Gasteiger partial charge is 0.334 e. The van der Waals surface area contributed by atoms with Crippen molar-refractivity contribution in [3.05, 3.63) is 26.4 Å². The number of nitrogens with one attached hydrogen (secondary N) is 1. The standard InChI is InChI=1S/C24H36N6O6/c1-3-5-10-28-18(32)16(17(25)26)19(33)30(22(28)36)15-6-8-23(9-7-15)13-24(14-23)20(34)27(4-2)21(35)29(24)11-12-31/h15,31-32H,3-14H2,1-2H3,(H3,25,26). The summed E-state index contributed by atoms with van der Waals surface area (Å²) in [7, 11) is 0. The Morgan fingerprint density at radius 3 is 2.28 bits per heavy atom. The van der Waals surface area contributed by atoms with E-state index in [1.54, 1.807) is 6.92 Å². The van der Waals surface area contributed by atoms with Crippen molar-refractivity contribution >= 4 is 17.8 Å². The zero-order valence-electron chi connectivity index (χ0n) is 21.0. The summed E-state index contributed by atoms with van der Waals surface area (Å²) in [5, 5.41) is 27.8. The molecule has 2 saturated carbocycles. The molecule has 3 amide bonds. The van der Waals surface area contributed by atoms with Crippen LogP contribution in [0.4, 0.5) is 4.79 Å². The number of amides is 3. The number of urea groups is 1. The Labute approximate surface area is 208 Å². The molecule has 1 aromatic heterocycles. The van der Waals surface area contributed by atoms with Gasteiger partial charge in [0.2, 0.25) is 5.88 Å². The van der Waals surface area contributed by atoms with E-state index in [1.165, 1.54) is 9.80 Å². The van der Waals surface area contributed by atoms with Crippen LogP contribution in [0, 0.1) is 10.8 Å². The van der Waals surface area contributed by atoms with E-state index in [0.29, 0.717) is 44.9 Å². The molecule has 2 spiro atoms. The van der Waals surface area contributed by atoms with Crippen LogP contribution in [0.5, 0.6) is 5.88 Å². The van der Waals surface area contributed by atoms with Gasteiger partial charge in [0.1, 0.15) is 16.9 Å². The number of nitrogens with two attached hydrogens (primary N) is 1. The first-order valence-corrected chi connectivity index (χ1v) is 12.7. The second-order valence-corrected chi connectivity index (χ2v) is 10.4. The van der Waals surface area contributed by atoms with Gasteiger partial charge in [0, 0.05) is 25.7 Å². The lowest BCUT2D eigenvalue weighted by Crippen LogP contribution is -2.64. The highest BCUT2D eigenvalue weighted by atomic mass is 16.3. The summed E-state index contributed by atoms with van der Waals surface area (Å²) in [4.78, 5) is 55.0.